The summed E-state index contributed by atoms with van der Waals surface area (Å²) in [5, 5.41) is 3.22. The lowest BCUT2D eigenvalue weighted by Crippen LogP contribution is -2.21. The summed E-state index contributed by atoms with van der Waals surface area (Å²) in [5.74, 6) is 2.66. The average molecular weight is 261 g/mol. The normalized spacial score (nSPS) is 22.2. The molecular weight excluding hydrogens is 238 g/mol. The van der Waals surface area contributed by atoms with E-state index in [1.807, 2.05) is 0 Å². The zero-order valence-electron chi connectivity index (χ0n) is 11.8. The van der Waals surface area contributed by atoms with Crippen LogP contribution in [0.25, 0.3) is 0 Å². The molecule has 104 valence electrons. The molecule has 1 aliphatic rings. The van der Waals surface area contributed by atoms with Crippen molar-refractivity contribution in [2.75, 3.05) is 18.5 Å². The number of nitrogens with zero attached hydrogens (tertiary/aromatic N) is 2. The monoisotopic (exact) mass is 261 g/mol. The van der Waals surface area contributed by atoms with Gasteiger partial charge in [-0.25, -0.2) is 0 Å². The number of allylic oxidation sites excluding steroid dienone is 2. The van der Waals surface area contributed by atoms with E-state index in [9.17, 15) is 0 Å². The molecule has 0 spiro atoms. The van der Waals surface area contributed by atoms with Crippen LogP contribution in [-0.2, 0) is 0 Å². The van der Waals surface area contributed by atoms with Gasteiger partial charge in [0.1, 0.15) is 5.82 Å². The van der Waals surface area contributed by atoms with Crippen molar-refractivity contribution >= 4 is 5.82 Å². The van der Waals surface area contributed by atoms with Crippen LogP contribution in [0.5, 0.6) is 5.88 Å². The SMILES string of the molecule is CCCNc1cncc(OCC2CC=CCC2C)n1. The molecule has 1 aliphatic carbocycles. The topological polar surface area (TPSA) is 47.0 Å². The number of hydrogen-bond donors (Lipinski definition) is 1. The molecule has 19 heavy (non-hydrogen) atoms. The Hall–Kier alpha value is -1.58. The lowest BCUT2D eigenvalue weighted by Gasteiger charge is -2.24. The van der Waals surface area contributed by atoms with Crippen molar-refractivity contribution in [3.63, 3.8) is 0 Å². The number of anilines is 1. The van der Waals surface area contributed by atoms with E-state index in [-0.39, 0.29) is 0 Å². The summed E-state index contributed by atoms with van der Waals surface area (Å²) in [6, 6.07) is 0. The van der Waals surface area contributed by atoms with Gasteiger partial charge in [-0.1, -0.05) is 26.0 Å². The molecule has 0 saturated carbocycles. The van der Waals surface area contributed by atoms with Crippen molar-refractivity contribution in [1.82, 2.24) is 9.97 Å². The molecule has 2 unspecified atom stereocenters. The Bertz CT molecular complexity index is 420. The minimum absolute atomic E-state index is 0.582. The van der Waals surface area contributed by atoms with Crippen LogP contribution in [0.2, 0.25) is 0 Å². The fourth-order valence-electron chi connectivity index (χ4n) is 2.19. The van der Waals surface area contributed by atoms with E-state index in [0.29, 0.717) is 17.7 Å². The third-order valence-electron chi connectivity index (χ3n) is 3.53. The van der Waals surface area contributed by atoms with Crippen LogP contribution in [0.1, 0.15) is 33.1 Å². The van der Waals surface area contributed by atoms with Crippen molar-refractivity contribution in [1.29, 1.82) is 0 Å². The molecule has 0 radical (unpaired) electrons. The summed E-state index contributed by atoms with van der Waals surface area (Å²) in [5.41, 5.74) is 0. The van der Waals surface area contributed by atoms with Gasteiger partial charge >= 0.3 is 0 Å². The number of aromatic nitrogens is 2. The molecule has 1 heterocycles. The highest BCUT2D eigenvalue weighted by Gasteiger charge is 2.19. The highest BCUT2D eigenvalue weighted by molar-refractivity contribution is 5.32. The van der Waals surface area contributed by atoms with Gasteiger partial charge in [0.05, 0.1) is 19.0 Å². The minimum atomic E-state index is 0.582. The third kappa shape index (κ3) is 4.23. The van der Waals surface area contributed by atoms with Crippen LogP contribution in [0.4, 0.5) is 5.82 Å². The van der Waals surface area contributed by atoms with Gasteiger partial charge < -0.3 is 10.1 Å². The van der Waals surface area contributed by atoms with E-state index in [1.54, 1.807) is 12.4 Å². The van der Waals surface area contributed by atoms with E-state index < -0.39 is 0 Å². The summed E-state index contributed by atoms with van der Waals surface area (Å²) in [7, 11) is 0. The Morgan fingerprint density at radius 1 is 1.32 bits per heavy atom. The Labute approximate surface area is 115 Å². The van der Waals surface area contributed by atoms with Gasteiger partial charge in [0.2, 0.25) is 5.88 Å². The number of hydrogen-bond acceptors (Lipinski definition) is 4. The van der Waals surface area contributed by atoms with Gasteiger partial charge in [-0.05, 0) is 31.1 Å². The molecule has 2 atom stereocenters. The fraction of sp³-hybridized carbons (Fsp3) is 0.600. The molecule has 4 nitrogen and oxygen atoms in total. The molecule has 0 bridgehead atoms. The first-order chi connectivity index (χ1) is 9.29. The summed E-state index contributed by atoms with van der Waals surface area (Å²) >= 11 is 0. The Morgan fingerprint density at radius 2 is 2.16 bits per heavy atom. The molecule has 0 saturated heterocycles. The van der Waals surface area contributed by atoms with Crippen molar-refractivity contribution in [3.05, 3.63) is 24.5 Å². The molecule has 0 amide bonds. The van der Waals surface area contributed by atoms with Crippen molar-refractivity contribution in [3.8, 4) is 5.88 Å². The van der Waals surface area contributed by atoms with E-state index in [1.165, 1.54) is 0 Å². The van der Waals surface area contributed by atoms with Crippen LogP contribution in [0.3, 0.4) is 0 Å². The summed E-state index contributed by atoms with van der Waals surface area (Å²) in [4.78, 5) is 8.56. The van der Waals surface area contributed by atoms with Crippen LogP contribution >= 0.6 is 0 Å². The average Bonchev–Trinajstić information content (AvgIpc) is 2.45. The molecule has 1 N–H and O–H groups in total. The first-order valence-electron chi connectivity index (χ1n) is 7.13. The minimum Gasteiger partial charge on any atom is -0.476 e. The first-order valence-corrected chi connectivity index (χ1v) is 7.13. The predicted octanol–water partition coefficient (Wildman–Crippen LogP) is 3.28. The van der Waals surface area contributed by atoms with Gasteiger partial charge in [-0.3, -0.25) is 4.98 Å². The molecular formula is C15H23N3O. The number of ether oxygens (including phenoxy) is 1. The van der Waals surface area contributed by atoms with E-state index in [0.717, 1.165) is 38.2 Å². The standard InChI is InChI=1S/C15H23N3O/c1-3-8-17-14-9-16-10-15(18-14)19-11-13-7-5-4-6-12(13)2/h4-5,9-10,12-13H,3,6-8,11H2,1-2H3,(H,17,18). The molecule has 1 aromatic rings. The summed E-state index contributed by atoms with van der Waals surface area (Å²) < 4.78 is 5.79. The second kappa shape index (κ2) is 7.12. The van der Waals surface area contributed by atoms with E-state index in [4.69, 9.17) is 4.74 Å². The van der Waals surface area contributed by atoms with E-state index in [2.05, 4.69) is 41.3 Å². The Balaban J connectivity index is 1.86. The second-order valence-corrected chi connectivity index (χ2v) is 5.16. The molecule has 0 aromatic carbocycles. The molecule has 0 fully saturated rings. The number of rotatable bonds is 6. The van der Waals surface area contributed by atoms with Crippen LogP contribution in [-0.4, -0.2) is 23.1 Å². The highest BCUT2D eigenvalue weighted by Crippen LogP contribution is 2.25. The smallest absolute Gasteiger partial charge is 0.234 e. The fourth-order valence-corrected chi connectivity index (χ4v) is 2.19. The van der Waals surface area contributed by atoms with Crippen LogP contribution < -0.4 is 10.1 Å². The van der Waals surface area contributed by atoms with Gasteiger partial charge in [-0.15, -0.1) is 0 Å². The predicted molar refractivity (Wildman–Crippen MR) is 77.3 cm³/mol. The van der Waals surface area contributed by atoms with Gasteiger partial charge in [-0.2, -0.15) is 4.98 Å². The third-order valence-corrected chi connectivity index (χ3v) is 3.53. The molecule has 2 rings (SSSR count). The molecule has 4 heteroatoms. The Kier molecular flexibility index (Phi) is 5.19. The van der Waals surface area contributed by atoms with Crippen molar-refractivity contribution in [2.45, 2.75) is 33.1 Å². The van der Waals surface area contributed by atoms with Crippen molar-refractivity contribution in [2.24, 2.45) is 11.8 Å². The lowest BCUT2D eigenvalue weighted by atomic mass is 9.85. The quantitative estimate of drug-likeness (QED) is 0.798. The number of nitrogens with one attached hydrogen (secondary N) is 1. The molecule has 1 aromatic heterocycles. The van der Waals surface area contributed by atoms with E-state index >= 15 is 0 Å². The maximum atomic E-state index is 5.79. The molecule has 0 aliphatic heterocycles. The largest absolute Gasteiger partial charge is 0.476 e. The maximum Gasteiger partial charge on any atom is 0.234 e. The first kappa shape index (κ1) is 13.8. The Morgan fingerprint density at radius 3 is 2.95 bits per heavy atom. The van der Waals surface area contributed by atoms with Crippen LogP contribution in [0.15, 0.2) is 24.5 Å². The highest BCUT2D eigenvalue weighted by atomic mass is 16.5. The lowest BCUT2D eigenvalue weighted by molar-refractivity contribution is 0.192. The van der Waals surface area contributed by atoms with Crippen LogP contribution in [0, 0.1) is 11.8 Å². The zero-order valence-corrected chi connectivity index (χ0v) is 11.8. The van der Waals surface area contributed by atoms with Gasteiger partial charge in [0, 0.05) is 6.54 Å². The second-order valence-electron chi connectivity index (χ2n) is 5.16. The van der Waals surface area contributed by atoms with Gasteiger partial charge in [0.25, 0.3) is 0 Å². The summed E-state index contributed by atoms with van der Waals surface area (Å²) in [6.45, 7) is 6.03. The maximum absolute atomic E-state index is 5.79. The van der Waals surface area contributed by atoms with Crippen molar-refractivity contribution < 1.29 is 4.74 Å². The van der Waals surface area contributed by atoms with Gasteiger partial charge in [0.15, 0.2) is 0 Å². The summed E-state index contributed by atoms with van der Waals surface area (Å²) in [6.07, 6.45) is 11.2. The zero-order chi connectivity index (χ0) is 13.5.